The summed E-state index contributed by atoms with van der Waals surface area (Å²) in [5.41, 5.74) is 7.20. The van der Waals surface area contributed by atoms with Crippen molar-refractivity contribution in [2.75, 3.05) is 11.4 Å². The normalized spacial score (nSPS) is 13.5. The molecule has 4 heteroatoms. The molecular weight excluding hydrogens is 334 g/mol. The van der Waals surface area contributed by atoms with Gasteiger partial charge in [0.1, 0.15) is 0 Å². The zero-order valence-electron chi connectivity index (χ0n) is 16.2. The van der Waals surface area contributed by atoms with Crippen molar-refractivity contribution >= 4 is 11.6 Å². The molecule has 1 aliphatic heterocycles. The summed E-state index contributed by atoms with van der Waals surface area (Å²) in [6, 6.07) is 16.6. The number of anilines is 1. The van der Waals surface area contributed by atoms with Crippen LogP contribution in [0.25, 0.3) is 0 Å². The van der Waals surface area contributed by atoms with Crippen LogP contribution in [0.4, 0.5) is 5.69 Å². The maximum atomic E-state index is 13.4. The van der Waals surface area contributed by atoms with Crippen molar-refractivity contribution in [3.8, 4) is 0 Å². The maximum absolute atomic E-state index is 13.4. The minimum Gasteiger partial charge on any atom is -0.308 e. The molecule has 0 radical (unpaired) electrons. The predicted octanol–water partition coefficient (Wildman–Crippen LogP) is 4.45. The Balaban J connectivity index is 1.67. The van der Waals surface area contributed by atoms with Crippen LogP contribution in [0, 0.1) is 20.8 Å². The summed E-state index contributed by atoms with van der Waals surface area (Å²) in [5.74, 6) is 0.0640. The van der Waals surface area contributed by atoms with Crippen LogP contribution in [0.5, 0.6) is 0 Å². The van der Waals surface area contributed by atoms with E-state index in [9.17, 15) is 4.79 Å². The lowest BCUT2D eigenvalue weighted by Gasteiger charge is -2.30. The van der Waals surface area contributed by atoms with Crippen molar-refractivity contribution in [2.24, 2.45) is 0 Å². The highest BCUT2D eigenvalue weighted by Gasteiger charge is 2.28. The van der Waals surface area contributed by atoms with E-state index >= 15 is 0 Å². The predicted molar refractivity (Wildman–Crippen MR) is 108 cm³/mol. The number of amides is 1. The number of fused-ring (bicyclic) bond motifs is 1. The number of rotatable bonds is 3. The molecule has 0 spiro atoms. The van der Waals surface area contributed by atoms with E-state index < -0.39 is 0 Å². The molecule has 0 saturated carbocycles. The van der Waals surface area contributed by atoms with Crippen LogP contribution in [-0.2, 0) is 13.0 Å². The third-order valence-electron chi connectivity index (χ3n) is 5.37. The van der Waals surface area contributed by atoms with Crippen LogP contribution in [0.3, 0.4) is 0 Å². The monoisotopic (exact) mass is 359 g/mol. The number of carbonyl (C=O) groups excluding carboxylic acids is 1. The number of hydrogen-bond donors (Lipinski definition) is 0. The van der Waals surface area contributed by atoms with Gasteiger partial charge in [0.2, 0.25) is 0 Å². The molecule has 1 amide bonds. The second-order valence-corrected chi connectivity index (χ2v) is 7.38. The Morgan fingerprint density at radius 1 is 1.07 bits per heavy atom. The first kappa shape index (κ1) is 17.5. The minimum absolute atomic E-state index is 0.0640. The molecule has 0 atom stereocenters. The fraction of sp³-hybridized carbons (Fsp3) is 0.304. The molecule has 138 valence electrons. The highest BCUT2D eigenvalue weighted by Crippen LogP contribution is 2.30. The van der Waals surface area contributed by atoms with Crippen LogP contribution in [0.1, 0.15) is 44.9 Å². The summed E-state index contributed by atoms with van der Waals surface area (Å²) in [5, 5.41) is 4.66. The molecule has 4 nitrogen and oxygen atoms in total. The van der Waals surface area contributed by atoms with Crippen LogP contribution in [-0.4, -0.2) is 22.2 Å². The van der Waals surface area contributed by atoms with Crippen LogP contribution < -0.4 is 4.90 Å². The highest BCUT2D eigenvalue weighted by atomic mass is 16.2. The molecule has 4 rings (SSSR count). The van der Waals surface area contributed by atoms with Crippen molar-refractivity contribution < 1.29 is 4.79 Å². The minimum atomic E-state index is 0.0640. The molecule has 1 aromatic heterocycles. The summed E-state index contributed by atoms with van der Waals surface area (Å²) >= 11 is 0. The lowest BCUT2D eigenvalue weighted by molar-refractivity contribution is 0.0984. The van der Waals surface area contributed by atoms with Crippen molar-refractivity contribution in [2.45, 2.75) is 40.2 Å². The van der Waals surface area contributed by atoms with Gasteiger partial charge in [0, 0.05) is 17.9 Å². The first-order valence-electron chi connectivity index (χ1n) is 9.54. The molecular formula is C23H25N3O. The van der Waals surface area contributed by atoms with Gasteiger partial charge < -0.3 is 4.90 Å². The molecule has 3 aromatic rings. The summed E-state index contributed by atoms with van der Waals surface area (Å²) in [7, 11) is 0. The summed E-state index contributed by atoms with van der Waals surface area (Å²) in [4.78, 5) is 15.4. The third-order valence-corrected chi connectivity index (χ3v) is 5.37. The Hall–Kier alpha value is -2.88. The average Bonchev–Trinajstić information content (AvgIpc) is 2.94. The van der Waals surface area contributed by atoms with Gasteiger partial charge in [0.05, 0.1) is 17.8 Å². The smallest absolute Gasteiger partial charge is 0.262 e. The lowest BCUT2D eigenvalue weighted by atomic mass is 9.98. The Morgan fingerprint density at radius 2 is 1.85 bits per heavy atom. The van der Waals surface area contributed by atoms with Crippen molar-refractivity contribution in [1.29, 1.82) is 0 Å². The molecule has 0 N–H and O–H groups in total. The van der Waals surface area contributed by atoms with Gasteiger partial charge >= 0.3 is 0 Å². The Bertz CT molecular complexity index is 988. The van der Waals surface area contributed by atoms with Gasteiger partial charge in [0.15, 0.2) is 0 Å². The Morgan fingerprint density at radius 3 is 2.63 bits per heavy atom. The van der Waals surface area contributed by atoms with Crippen molar-refractivity contribution in [1.82, 2.24) is 9.78 Å². The molecule has 0 saturated heterocycles. The fourth-order valence-corrected chi connectivity index (χ4v) is 3.99. The van der Waals surface area contributed by atoms with E-state index in [0.29, 0.717) is 6.54 Å². The molecule has 0 aliphatic carbocycles. The van der Waals surface area contributed by atoms with Crippen LogP contribution >= 0.6 is 0 Å². The maximum Gasteiger partial charge on any atom is 0.262 e. The average molecular weight is 359 g/mol. The zero-order valence-corrected chi connectivity index (χ0v) is 16.2. The first-order valence-corrected chi connectivity index (χ1v) is 9.54. The summed E-state index contributed by atoms with van der Waals surface area (Å²) < 4.78 is 1.94. The van der Waals surface area contributed by atoms with Gasteiger partial charge in [-0.15, -0.1) is 0 Å². The molecule has 2 aromatic carbocycles. The highest BCUT2D eigenvalue weighted by molar-refractivity contribution is 6.08. The zero-order chi connectivity index (χ0) is 19.0. The van der Waals surface area contributed by atoms with E-state index in [0.717, 1.165) is 42.0 Å². The van der Waals surface area contributed by atoms with E-state index in [2.05, 4.69) is 42.4 Å². The molecule has 1 aliphatic rings. The van der Waals surface area contributed by atoms with E-state index in [1.54, 1.807) is 0 Å². The van der Waals surface area contributed by atoms with Gasteiger partial charge in [-0.25, -0.2) is 0 Å². The van der Waals surface area contributed by atoms with Crippen molar-refractivity contribution in [3.05, 3.63) is 82.2 Å². The quantitative estimate of drug-likeness (QED) is 0.693. The standard InChI is InChI=1S/C23H25N3O/c1-16-11-12-21-20(14-16)10-7-13-25(21)23(27)22-17(2)24-26(18(22)3)15-19-8-5-4-6-9-19/h4-6,8-9,11-12,14H,7,10,13,15H2,1-3H3. The number of aryl methyl sites for hydroxylation is 3. The number of aromatic nitrogens is 2. The molecule has 0 unspecified atom stereocenters. The third kappa shape index (κ3) is 3.27. The molecule has 27 heavy (non-hydrogen) atoms. The van der Waals surface area contributed by atoms with Gasteiger partial charge in [0.25, 0.3) is 5.91 Å². The largest absolute Gasteiger partial charge is 0.308 e. The summed E-state index contributed by atoms with van der Waals surface area (Å²) in [6.45, 7) is 7.47. The van der Waals surface area contributed by atoms with Gasteiger partial charge in [-0.3, -0.25) is 9.48 Å². The Labute approximate surface area is 160 Å². The van der Waals surface area contributed by atoms with E-state index in [4.69, 9.17) is 0 Å². The first-order chi connectivity index (χ1) is 13.0. The van der Waals surface area contributed by atoms with Gasteiger partial charge in [-0.05, 0) is 50.8 Å². The second-order valence-electron chi connectivity index (χ2n) is 7.38. The van der Waals surface area contributed by atoms with Gasteiger partial charge in [-0.2, -0.15) is 5.10 Å². The second kappa shape index (κ2) is 7.03. The van der Waals surface area contributed by atoms with E-state index in [1.165, 1.54) is 16.7 Å². The Kier molecular flexibility index (Phi) is 4.56. The topological polar surface area (TPSA) is 38.1 Å². The van der Waals surface area contributed by atoms with Crippen LogP contribution in [0.2, 0.25) is 0 Å². The van der Waals surface area contributed by atoms with Crippen LogP contribution in [0.15, 0.2) is 48.5 Å². The molecule has 0 fully saturated rings. The van der Waals surface area contributed by atoms with Crippen molar-refractivity contribution in [3.63, 3.8) is 0 Å². The summed E-state index contributed by atoms with van der Waals surface area (Å²) in [6.07, 6.45) is 2.03. The SMILES string of the molecule is Cc1ccc2c(c1)CCCN2C(=O)c1c(C)nn(Cc2ccccc2)c1C. The number of benzene rings is 2. The number of nitrogens with zero attached hydrogens (tertiary/aromatic N) is 3. The van der Waals surface area contributed by atoms with E-state index in [-0.39, 0.29) is 5.91 Å². The molecule has 2 heterocycles. The van der Waals surface area contributed by atoms with E-state index in [1.807, 2.05) is 41.6 Å². The number of hydrogen-bond acceptors (Lipinski definition) is 2. The fourth-order valence-electron chi connectivity index (χ4n) is 3.99. The van der Waals surface area contributed by atoms with Gasteiger partial charge in [-0.1, -0.05) is 48.0 Å². The number of carbonyl (C=O) groups is 1. The molecule has 0 bridgehead atoms. The lowest BCUT2D eigenvalue weighted by Crippen LogP contribution is -2.36.